The topological polar surface area (TPSA) is 70.0 Å². The number of nitrogens with zero attached hydrogens (tertiary/aromatic N) is 1. The highest BCUT2D eigenvalue weighted by atomic mass is 16.5. The number of carboxylic acids is 1. The van der Waals surface area contributed by atoms with E-state index in [1.54, 1.807) is 0 Å². The molecule has 0 atom stereocenters. The minimum atomic E-state index is -0.892. The molecule has 0 aliphatic carbocycles. The average molecular weight is 245 g/mol. The summed E-state index contributed by atoms with van der Waals surface area (Å²) >= 11 is 0. The number of carbonyl (C=O) groups is 1. The Bertz CT molecular complexity index is 215. The zero-order valence-electron chi connectivity index (χ0n) is 10.3. The van der Waals surface area contributed by atoms with Gasteiger partial charge in [-0.05, 0) is 38.6 Å². The maximum atomic E-state index is 10.4. The lowest BCUT2D eigenvalue weighted by molar-refractivity contribution is -0.145. The smallest absolute Gasteiger partial charge is 0.329 e. The number of aliphatic hydroxyl groups excluding tert-OH is 1. The molecule has 0 radical (unpaired) electrons. The maximum Gasteiger partial charge on any atom is 0.329 e. The Balaban J connectivity index is 2.03. The number of unbranched alkanes of at least 4 members (excludes halogenated alkanes) is 2. The highest BCUT2D eigenvalue weighted by Gasteiger charge is 2.19. The van der Waals surface area contributed by atoms with Crippen LogP contribution in [-0.2, 0) is 9.53 Å². The van der Waals surface area contributed by atoms with Crippen molar-refractivity contribution in [1.29, 1.82) is 0 Å². The van der Waals surface area contributed by atoms with Crippen LogP contribution in [0.15, 0.2) is 0 Å². The van der Waals surface area contributed by atoms with Crippen LogP contribution in [0.5, 0.6) is 0 Å². The molecule has 0 unspecified atom stereocenters. The van der Waals surface area contributed by atoms with Gasteiger partial charge < -0.3 is 19.8 Å². The number of piperidine rings is 1. The molecule has 100 valence electrons. The molecule has 0 aromatic rings. The normalized spacial score (nSPS) is 18.4. The number of likely N-dealkylation sites (tertiary alicyclic amines) is 1. The standard InChI is InChI=1S/C12H23NO4/c14-9-3-1-2-6-13-7-4-11(5-8-13)17-10-12(15)16/h11,14H,1-10H2,(H,15,16). The van der Waals surface area contributed by atoms with Crippen LogP contribution in [0.2, 0.25) is 0 Å². The van der Waals surface area contributed by atoms with Crippen molar-refractivity contribution in [3.05, 3.63) is 0 Å². The van der Waals surface area contributed by atoms with E-state index in [1.807, 2.05) is 0 Å². The summed E-state index contributed by atoms with van der Waals surface area (Å²) in [5.74, 6) is -0.892. The van der Waals surface area contributed by atoms with E-state index in [0.29, 0.717) is 0 Å². The van der Waals surface area contributed by atoms with E-state index in [1.165, 1.54) is 0 Å². The molecule has 0 amide bonds. The van der Waals surface area contributed by atoms with Crippen molar-refractivity contribution < 1.29 is 19.7 Å². The van der Waals surface area contributed by atoms with Gasteiger partial charge >= 0.3 is 5.97 Å². The number of aliphatic carboxylic acids is 1. The number of hydrogen-bond acceptors (Lipinski definition) is 4. The predicted molar refractivity (Wildman–Crippen MR) is 64.0 cm³/mol. The molecule has 1 aliphatic rings. The molecule has 5 heteroatoms. The van der Waals surface area contributed by atoms with Gasteiger partial charge in [0.25, 0.3) is 0 Å². The summed E-state index contributed by atoms with van der Waals surface area (Å²) in [6, 6.07) is 0. The molecule has 1 aliphatic heterocycles. The lowest BCUT2D eigenvalue weighted by Crippen LogP contribution is -2.38. The van der Waals surface area contributed by atoms with Gasteiger partial charge in [0, 0.05) is 19.7 Å². The number of hydrogen-bond donors (Lipinski definition) is 2. The van der Waals surface area contributed by atoms with Crippen LogP contribution < -0.4 is 0 Å². The molecule has 0 spiro atoms. The van der Waals surface area contributed by atoms with Crippen LogP contribution in [0.3, 0.4) is 0 Å². The van der Waals surface area contributed by atoms with Gasteiger partial charge in [0.1, 0.15) is 6.61 Å². The second-order valence-corrected chi connectivity index (χ2v) is 4.53. The molecule has 1 heterocycles. The minimum absolute atomic E-state index is 0.111. The highest BCUT2D eigenvalue weighted by Crippen LogP contribution is 2.14. The quantitative estimate of drug-likeness (QED) is 0.616. The van der Waals surface area contributed by atoms with E-state index in [9.17, 15) is 4.79 Å². The first-order valence-electron chi connectivity index (χ1n) is 6.39. The van der Waals surface area contributed by atoms with Gasteiger partial charge in [-0.3, -0.25) is 0 Å². The summed E-state index contributed by atoms with van der Waals surface area (Å²) in [4.78, 5) is 12.7. The van der Waals surface area contributed by atoms with Crippen molar-refractivity contribution in [2.24, 2.45) is 0 Å². The Morgan fingerprint density at radius 3 is 2.53 bits per heavy atom. The highest BCUT2D eigenvalue weighted by molar-refractivity contribution is 5.68. The molecule has 0 bridgehead atoms. The van der Waals surface area contributed by atoms with Gasteiger partial charge in [-0.25, -0.2) is 4.79 Å². The average Bonchev–Trinajstić information content (AvgIpc) is 2.33. The molecular weight excluding hydrogens is 222 g/mol. The van der Waals surface area contributed by atoms with Gasteiger partial charge in [0.2, 0.25) is 0 Å². The summed E-state index contributed by atoms with van der Waals surface area (Å²) in [7, 11) is 0. The van der Waals surface area contributed by atoms with Crippen LogP contribution in [-0.4, -0.2) is 60.0 Å². The van der Waals surface area contributed by atoms with Crippen molar-refractivity contribution in [1.82, 2.24) is 4.90 Å². The van der Waals surface area contributed by atoms with Crippen molar-refractivity contribution in [2.75, 3.05) is 32.8 Å². The Morgan fingerprint density at radius 1 is 1.24 bits per heavy atom. The monoisotopic (exact) mass is 245 g/mol. The number of carboxylic acid groups (broad SMARTS) is 1. The number of ether oxygens (including phenoxy) is 1. The summed E-state index contributed by atoms with van der Waals surface area (Å²) in [6.07, 6.45) is 5.05. The third kappa shape index (κ3) is 6.61. The zero-order chi connectivity index (χ0) is 12.5. The van der Waals surface area contributed by atoms with Gasteiger partial charge in [0.15, 0.2) is 0 Å². The lowest BCUT2D eigenvalue weighted by Gasteiger charge is -2.31. The molecule has 1 fully saturated rings. The molecular formula is C12H23NO4. The molecule has 0 saturated carbocycles. The van der Waals surface area contributed by atoms with Gasteiger partial charge in [-0.15, -0.1) is 0 Å². The van der Waals surface area contributed by atoms with E-state index < -0.39 is 5.97 Å². The summed E-state index contributed by atoms with van der Waals surface area (Å²) in [6.45, 7) is 3.16. The second-order valence-electron chi connectivity index (χ2n) is 4.53. The number of rotatable bonds is 8. The van der Waals surface area contributed by atoms with E-state index >= 15 is 0 Å². The first-order chi connectivity index (χ1) is 8.22. The Hall–Kier alpha value is -0.650. The largest absolute Gasteiger partial charge is 0.480 e. The van der Waals surface area contributed by atoms with Gasteiger partial charge in [-0.2, -0.15) is 0 Å². The summed E-state index contributed by atoms with van der Waals surface area (Å²) in [5, 5.41) is 17.2. The third-order valence-corrected chi connectivity index (χ3v) is 3.11. The molecule has 1 rings (SSSR count). The summed E-state index contributed by atoms with van der Waals surface area (Å²) in [5.41, 5.74) is 0. The lowest BCUT2D eigenvalue weighted by atomic mass is 10.1. The van der Waals surface area contributed by atoms with E-state index in [0.717, 1.165) is 51.7 Å². The van der Waals surface area contributed by atoms with Crippen LogP contribution >= 0.6 is 0 Å². The second kappa shape index (κ2) is 8.44. The molecule has 1 saturated heterocycles. The van der Waals surface area contributed by atoms with Crippen LogP contribution in [0.25, 0.3) is 0 Å². The van der Waals surface area contributed by atoms with E-state index in [4.69, 9.17) is 14.9 Å². The predicted octanol–water partition coefficient (Wildman–Crippen LogP) is 0.715. The summed E-state index contributed by atoms with van der Waals surface area (Å²) < 4.78 is 5.28. The fourth-order valence-corrected chi connectivity index (χ4v) is 2.11. The van der Waals surface area contributed by atoms with Crippen LogP contribution in [0, 0.1) is 0 Å². The Kier molecular flexibility index (Phi) is 7.16. The van der Waals surface area contributed by atoms with Crippen LogP contribution in [0.4, 0.5) is 0 Å². The third-order valence-electron chi connectivity index (χ3n) is 3.11. The first kappa shape index (κ1) is 14.4. The zero-order valence-corrected chi connectivity index (χ0v) is 10.3. The van der Waals surface area contributed by atoms with Crippen molar-refractivity contribution in [3.8, 4) is 0 Å². The number of aliphatic hydroxyl groups is 1. The fourth-order valence-electron chi connectivity index (χ4n) is 2.11. The molecule has 17 heavy (non-hydrogen) atoms. The first-order valence-corrected chi connectivity index (χ1v) is 6.39. The van der Waals surface area contributed by atoms with Crippen molar-refractivity contribution in [3.63, 3.8) is 0 Å². The van der Waals surface area contributed by atoms with E-state index in [2.05, 4.69) is 4.90 Å². The fraction of sp³-hybridized carbons (Fsp3) is 0.917. The molecule has 0 aromatic carbocycles. The Labute approximate surface area is 102 Å². The minimum Gasteiger partial charge on any atom is -0.480 e. The maximum absolute atomic E-state index is 10.4. The molecule has 0 aromatic heterocycles. The molecule has 5 nitrogen and oxygen atoms in total. The van der Waals surface area contributed by atoms with E-state index in [-0.39, 0.29) is 19.3 Å². The van der Waals surface area contributed by atoms with Crippen LogP contribution in [0.1, 0.15) is 32.1 Å². The van der Waals surface area contributed by atoms with Crippen molar-refractivity contribution in [2.45, 2.75) is 38.2 Å². The SMILES string of the molecule is O=C(O)COC1CCN(CCCCCO)CC1. The Morgan fingerprint density at radius 2 is 1.94 bits per heavy atom. The van der Waals surface area contributed by atoms with Crippen molar-refractivity contribution >= 4 is 5.97 Å². The van der Waals surface area contributed by atoms with Gasteiger partial charge in [-0.1, -0.05) is 0 Å². The molecule has 2 N–H and O–H groups in total. The van der Waals surface area contributed by atoms with Gasteiger partial charge in [0.05, 0.1) is 6.10 Å².